The SMILES string of the molecule is CCCCC(NC(=O)C1CCCN1C(=O)[C@@H](NC(=O)OC(C)(C)C)C1CCCCC1)C(=O)C(O)NCC(=O)N[C@H](C(N)=O)C1CCCCC1. The van der Waals surface area contributed by atoms with Crippen LogP contribution in [-0.2, 0) is 28.7 Å². The normalized spacial score (nSPS) is 21.6. The van der Waals surface area contributed by atoms with Gasteiger partial charge in [0.15, 0.2) is 12.0 Å². The van der Waals surface area contributed by atoms with Gasteiger partial charge in [-0.3, -0.25) is 29.3 Å². The second-order valence-electron chi connectivity index (χ2n) is 14.9. The zero-order valence-corrected chi connectivity index (χ0v) is 29.9. The van der Waals surface area contributed by atoms with Gasteiger partial charge >= 0.3 is 6.09 Å². The molecular weight excluding hydrogens is 632 g/mol. The Kier molecular flexibility index (Phi) is 15.8. The first-order valence-electron chi connectivity index (χ1n) is 18.4. The molecule has 3 unspecified atom stereocenters. The number of alkyl carbamates (subject to hydrolysis) is 1. The number of ketones is 1. The molecule has 0 aromatic rings. The first-order valence-corrected chi connectivity index (χ1v) is 18.4. The molecule has 14 nitrogen and oxygen atoms in total. The Morgan fingerprint density at radius 2 is 1.43 bits per heavy atom. The summed E-state index contributed by atoms with van der Waals surface area (Å²) in [5, 5.41) is 21.5. The van der Waals surface area contributed by atoms with E-state index in [9.17, 15) is 33.9 Å². The fourth-order valence-electron chi connectivity index (χ4n) is 7.32. The number of rotatable bonds is 16. The highest BCUT2D eigenvalue weighted by molar-refractivity contribution is 5.96. The zero-order chi connectivity index (χ0) is 36.1. The van der Waals surface area contributed by atoms with E-state index in [1.807, 2.05) is 6.92 Å². The smallest absolute Gasteiger partial charge is 0.408 e. The number of aliphatic hydroxyl groups excluding tert-OH is 1. The third-order valence-corrected chi connectivity index (χ3v) is 9.87. The fourth-order valence-corrected chi connectivity index (χ4v) is 7.32. The van der Waals surface area contributed by atoms with E-state index in [1.165, 1.54) is 4.90 Å². The third kappa shape index (κ3) is 12.5. The number of aliphatic hydroxyl groups is 1. The number of amides is 5. The van der Waals surface area contributed by atoms with Crippen LogP contribution in [0.1, 0.15) is 124 Å². The van der Waals surface area contributed by atoms with Crippen molar-refractivity contribution in [2.24, 2.45) is 17.6 Å². The lowest BCUT2D eigenvalue weighted by atomic mass is 9.83. The third-order valence-electron chi connectivity index (χ3n) is 9.87. The molecule has 278 valence electrons. The summed E-state index contributed by atoms with van der Waals surface area (Å²) in [4.78, 5) is 80.1. The van der Waals surface area contributed by atoms with Crippen molar-refractivity contribution in [2.45, 2.75) is 160 Å². The molecule has 3 fully saturated rings. The molecule has 3 rings (SSSR count). The first-order chi connectivity index (χ1) is 23.2. The second kappa shape index (κ2) is 19.2. The predicted molar refractivity (Wildman–Crippen MR) is 183 cm³/mol. The van der Waals surface area contributed by atoms with Crippen molar-refractivity contribution in [1.82, 2.24) is 26.2 Å². The highest BCUT2D eigenvalue weighted by Gasteiger charge is 2.42. The van der Waals surface area contributed by atoms with Crippen molar-refractivity contribution < 1.29 is 38.6 Å². The lowest BCUT2D eigenvalue weighted by molar-refractivity contribution is -0.142. The van der Waals surface area contributed by atoms with Gasteiger partial charge in [0.1, 0.15) is 23.7 Å². The number of carbonyl (C=O) groups excluding carboxylic acids is 6. The van der Waals surface area contributed by atoms with Crippen LogP contribution in [0.4, 0.5) is 4.79 Å². The lowest BCUT2D eigenvalue weighted by Gasteiger charge is -2.35. The molecule has 0 spiro atoms. The second-order valence-corrected chi connectivity index (χ2v) is 14.9. The van der Waals surface area contributed by atoms with Crippen molar-refractivity contribution in [1.29, 1.82) is 0 Å². The average molecular weight is 693 g/mol. The molecule has 14 heteroatoms. The van der Waals surface area contributed by atoms with Crippen molar-refractivity contribution in [3.8, 4) is 0 Å². The van der Waals surface area contributed by atoms with E-state index in [-0.39, 0.29) is 24.2 Å². The number of nitrogens with two attached hydrogens (primary N) is 1. The molecule has 0 aromatic carbocycles. The quantitative estimate of drug-likeness (QED) is 0.131. The number of unbranched alkanes of at least 4 members (excludes halogenated alkanes) is 1. The highest BCUT2D eigenvalue weighted by atomic mass is 16.6. The molecule has 1 saturated heterocycles. The maximum absolute atomic E-state index is 14.0. The summed E-state index contributed by atoms with van der Waals surface area (Å²) in [6.45, 7) is 7.08. The molecule has 2 saturated carbocycles. The topological polar surface area (TPSA) is 209 Å². The number of primary amides is 1. The minimum absolute atomic E-state index is 0.0523. The van der Waals surface area contributed by atoms with Crippen LogP contribution in [0.15, 0.2) is 0 Å². The van der Waals surface area contributed by atoms with Crippen molar-refractivity contribution in [2.75, 3.05) is 13.1 Å². The van der Waals surface area contributed by atoms with Crippen LogP contribution in [0.2, 0.25) is 0 Å². The highest BCUT2D eigenvalue weighted by Crippen LogP contribution is 2.30. The molecule has 0 aromatic heterocycles. The van der Waals surface area contributed by atoms with Crippen LogP contribution in [0.3, 0.4) is 0 Å². The van der Waals surface area contributed by atoms with E-state index in [0.717, 1.165) is 70.6 Å². The molecule has 49 heavy (non-hydrogen) atoms. The summed E-state index contributed by atoms with van der Waals surface area (Å²) >= 11 is 0. The summed E-state index contributed by atoms with van der Waals surface area (Å²) in [6.07, 6.45) is 9.14. The van der Waals surface area contributed by atoms with E-state index in [2.05, 4.69) is 21.3 Å². The molecule has 2 aliphatic carbocycles. The molecule has 7 N–H and O–H groups in total. The standard InChI is InChI=1S/C35H60N6O8/c1-5-6-18-24(29(43)32(46)37-21-26(42)39-27(30(36)44)22-14-9-7-10-15-22)38-31(45)25-19-13-20-41(25)33(47)28(23-16-11-8-12-17-23)40-34(48)49-35(2,3)4/h22-25,27-28,32,37,46H,5-21H2,1-4H3,(H2,36,44)(H,38,45)(H,39,42)(H,40,48)/t24?,25?,27-,28-,32?/m0/s1. The number of carbonyl (C=O) groups is 6. The minimum atomic E-state index is -1.76. The molecule has 0 radical (unpaired) electrons. The molecule has 5 amide bonds. The van der Waals surface area contributed by atoms with Gasteiger partial charge in [0, 0.05) is 6.54 Å². The Labute approximate surface area is 290 Å². The number of ether oxygens (including phenoxy) is 1. The van der Waals surface area contributed by atoms with Gasteiger partial charge < -0.3 is 36.4 Å². The Bertz CT molecular complexity index is 1150. The van der Waals surface area contributed by atoms with Crippen LogP contribution >= 0.6 is 0 Å². The van der Waals surface area contributed by atoms with Crippen LogP contribution in [0.25, 0.3) is 0 Å². The van der Waals surface area contributed by atoms with Gasteiger partial charge in [-0.15, -0.1) is 0 Å². The van der Waals surface area contributed by atoms with Gasteiger partial charge in [-0.1, -0.05) is 58.3 Å². The van der Waals surface area contributed by atoms with E-state index in [0.29, 0.717) is 25.8 Å². The lowest BCUT2D eigenvalue weighted by Crippen LogP contribution is -2.58. The number of likely N-dealkylation sites (tertiary alicyclic amines) is 1. The monoisotopic (exact) mass is 692 g/mol. The van der Waals surface area contributed by atoms with Crippen LogP contribution in [-0.4, -0.2) is 94.6 Å². The Hall–Kier alpha value is -3.26. The van der Waals surface area contributed by atoms with Gasteiger partial charge in [-0.25, -0.2) is 4.79 Å². The zero-order valence-electron chi connectivity index (χ0n) is 29.9. The van der Waals surface area contributed by atoms with Gasteiger partial charge in [-0.2, -0.15) is 0 Å². The van der Waals surface area contributed by atoms with Gasteiger partial charge in [0.2, 0.25) is 23.6 Å². The van der Waals surface area contributed by atoms with E-state index >= 15 is 0 Å². The van der Waals surface area contributed by atoms with Gasteiger partial charge in [0.05, 0.1) is 12.6 Å². The minimum Gasteiger partial charge on any atom is -0.444 e. The molecular formula is C35H60N6O8. The first kappa shape index (κ1) is 40.2. The average Bonchev–Trinajstić information content (AvgIpc) is 3.56. The Balaban J connectivity index is 1.64. The molecule has 1 heterocycles. The van der Waals surface area contributed by atoms with Crippen molar-refractivity contribution in [3.63, 3.8) is 0 Å². The molecule has 3 aliphatic rings. The van der Waals surface area contributed by atoms with Gasteiger partial charge in [-0.05, 0) is 77.6 Å². The maximum atomic E-state index is 14.0. The predicted octanol–water partition coefficient (Wildman–Crippen LogP) is 2.15. The van der Waals surface area contributed by atoms with Crippen LogP contribution < -0.4 is 27.0 Å². The number of hydrogen-bond acceptors (Lipinski definition) is 9. The largest absolute Gasteiger partial charge is 0.444 e. The summed E-state index contributed by atoms with van der Waals surface area (Å²) in [7, 11) is 0. The number of Topliss-reactive ketones (excluding diaryl/α,β-unsaturated/α-hetero) is 1. The summed E-state index contributed by atoms with van der Waals surface area (Å²) in [5.41, 5.74) is 4.82. The van der Waals surface area contributed by atoms with Crippen molar-refractivity contribution >= 4 is 35.5 Å². The summed E-state index contributed by atoms with van der Waals surface area (Å²) in [5.74, 6) is -2.91. The van der Waals surface area contributed by atoms with Gasteiger partial charge in [0.25, 0.3) is 0 Å². The number of hydrogen-bond donors (Lipinski definition) is 6. The summed E-state index contributed by atoms with van der Waals surface area (Å²) < 4.78 is 5.46. The van der Waals surface area contributed by atoms with E-state index < -0.39 is 72.1 Å². The van der Waals surface area contributed by atoms with E-state index in [1.54, 1.807) is 20.8 Å². The molecule has 0 bridgehead atoms. The Morgan fingerprint density at radius 3 is 1.98 bits per heavy atom. The van der Waals surface area contributed by atoms with Crippen molar-refractivity contribution in [3.05, 3.63) is 0 Å². The van der Waals surface area contributed by atoms with Crippen LogP contribution in [0, 0.1) is 11.8 Å². The molecule has 5 atom stereocenters. The van der Waals surface area contributed by atoms with Crippen LogP contribution in [0.5, 0.6) is 0 Å². The number of nitrogens with one attached hydrogen (secondary N) is 4. The fraction of sp³-hybridized carbons (Fsp3) is 0.829. The molecule has 1 aliphatic heterocycles. The van der Waals surface area contributed by atoms with E-state index in [4.69, 9.17) is 10.5 Å². The Morgan fingerprint density at radius 1 is 0.837 bits per heavy atom. The number of nitrogens with zero attached hydrogens (tertiary/aromatic N) is 1. The summed E-state index contributed by atoms with van der Waals surface area (Å²) in [6, 6.07) is -3.58. The maximum Gasteiger partial charge on any atom is 0.408 e.